The molecular weight excluding hydrogens is 216 g/mol. The number of esters is 1. The van der Waals surface area contributed by atoms with Crippen molar-refractivity contribution in [1.82, 2.24) is 0 Å². The van der Waals surface area contributed by atoms with E-state index in [4.69, 9.17) is 4.74 Å². The highest BCUT2D eigenvalue weighted by Crippen LogP contribution is 2.10. The molecule has 0 aliphatic rings. The average molecular weight is 234 g/mol. The van der Waals surface area contributed by atoms with Crippen LogP contribution in [0.25, 0.3) is 0 Å². The van der Waals surface area contributed by atoms with Crippen molar-refractivity contribution in [2.24, 2.45) is 5.92 Å². The molecule has 0 saturated carbocycles. The zero-order valence-electron chi connectivity index (χ0n) is 10.3. The molecule has 0 bridgehead atoms. The Morgan fingerprint density at radius 1 is 1.18 bits per heavy atom. The van der Waals surface area contributed by atoms with Gasteiger partial charge in [-0.05, 0) is 18.4 Å². The number of benzene rings is 1. The van der Waals surface area contributed by atoms with E-state index in [1.165, 1.54) is 6.92 Å². The van der Waals surface area contributed by atoms with Crippen LogP contribution in [-0.4, -0.2) is 11.8 Å². The van der Waals surface area contributed by atoms with E-state index in [0.29, 0.717) is 19.4 Å². The summed E-state index contributed by atoms with van der Waals surface area (Å²) in [6.07, 6.45) is 0.729. The topological polar surface area (TPSA) is 43.4 Å². The fraction of sp³-hybridized carbons (Fsp3) is 0.429. The van der Waals surface area contributed by atoms with Crippen LogP contribution in [0.5, 0.6) is 0 Å². The molecule has 0 radical (unpaired) electrons. The number of carbonyl (C=O) groups is 2. The van der Waals surface area contributed by atoms with Crippen LogP contribution in [0.4, 0.5) is 0 Å². The van der Waals surface area contributed by atoms with Gasteiger partial charge in [0.05, 0.1) is 0 Å². The first kappa shape index (κ1) is 13.4. The van der Waals surface area contributed by atoms with E-state index in [9.17, 15) is 9.59 Å². The molecule has 1 atom stereocenters. The van der Waals surface area contributed by atoms with Crippen LogP contribution in [0.3, 0.4) is 0 Å². The smallest absolute Gasteiger partial charge is 0.306 e. The average Bonchev–Trinajstić information content (AvgIpc) is 2.26. The highest BCUT2D eigenvalue weighted by atomic mass is 16.5. The van der Waals surface area contributed by atoms with Gasteiger partial charge in [0.15, 0.2) is 0 Å². The van der Waals surface area contributed by atoms with E-state index in [0.717, 1.165) is 5.56 Å². The summed E-state index contributed by atoms with van der Waals surface area (Å²) in [7, 11) is 0. The third-order valence-corrected chi connectivity index (χ3v) is 2.39. The van der Waals surface area contributed by atoms with Gasteiger partial charge in [0.1, 0.15) is 12.4 Å². The molecule has 0 saturated heterocycles. The lowest BCUT2D eigenvalue weighted by Crippen LogP contribution is -2.11. The molecule has 0 fully saturated rings. The Kier molecular flexibility index (Phi) is 5.40. The number of carbonyl (C=O) groups excluding carboxylic acids is 2. The van der Waals surface area contributed by atoms with Gasteiger partial charge in [-0.3, -0.25) is 4.79 Å². The van der Waals surface area contributed by atoms with Crippen molar-refractivity contribution in [2.45, 2.75) is 33.3 Å². The normalized spacial score (nSPS) is 11.9. The first-order chi connectivity index (χ1) is 8.08. The monoisotopic (exact) mass is 234 g/mol. The second kappa shape index (κ2) is 6.84. The summed E-state index contributed by atoms with van der Waals surface area (Å²) in [6, 6.07) is 9.54. The van der Waals surface area contributed by atoms with E-state index in [1.807, 2.05) is 37.3 Å². The number of Topliss-reactive ketones (excluding diaryl/α,β-unsaturated/α-hetero) is 1. The molecule has 3 nitrogen and oxygen atoms in total. The molecule has 1 unspecified atom stereocenters. The zero-order valence-corrected chi connectivity index (χ0v) is 10.3. The summed E-state index contributed by atoms with van der Waals surface area (Å²) in [5.74, 6) is -0.0910. The Bertz CT molecular complexity index is 370. The molecule has 0 heterocycles. The fourth-order valence-corrected chi connectivity index (χ4v) is 1.64. The SMILES string of the molecule is CC(=O)CC(C)CC(=O)OCc1ccccc1. The summed E-state index contributed by atoms with van der Waals surface area (Å²) in [5.41, 5.74) is 0.972. The molecule has 17 heavy (non-hydrogen) atoms. The first-order valence-corrected chi connectivity index (χ1v) is 5.77. The molecule has 3 heteroatoms. The molecule has 92 valence electrons. The molecule has 0 aliphatic heterocycles. The van der Waals surface area contributed by atoms with E-state index in [-0.39, 0.29) is 17.7 Å². The van der Waals surface area contributed by atoms with Crippen LogP contribution < -0.4 is 0 Å². The van der Waals surface area contributed by atoms with Gasteiger partial charge in [-0.15, -0.1) is 0 Å². The molecule has 1 aromatic rings. The van der Waals surface area contributed by atoms with Gasteiger partial charge in [0, 0.05) is 12.8 Å². The van der Waals surface area contributed by atoms with Crippen molar-refractivity contribution in [1.29, 1.82) is 0 Å². The third kappa shape index (κ3) is 5.85. The van der Waals surface area contributed by atoms with E-state index >= 15 is 0 Å². The number of hydrogen-bond acceptors (Lipinski definition) is 3. The second-order valence-electron chi connectivity index (χ2n) is 4.36. The van der Waals surface area contributed by atoms with Gasteiger partial charge in [0.25, 0.3) is 0 Å². The molecule has 1 rings (SSSR count). The minimum Gasteiger partial charge on any atom is -0.461 e. The van der Waals surface area contributed by atoms with Crippen LogP contribution >= 0.6 is 0 Å². The zero-order chi connectivity index (χ0) is 12.7. The van der Waals surface area contributed by atoms with Crippen LogP contribution in [0.1, 0.15) is 32.3 Å². The lowest BCUT2D eigenvalue weighted by molar-refractivity contribution is -0.146. The molecule has 0 aliphatic carbocycles. The molecule has 0 spiro atoms. The van der Waals surface area contributed by atoms with E-state index in [2.05, 4.69) is 0 Å². The maximum atomic E-state index is 11.5. The maximum absolute atomic E-state index is 11.5. The minimum atomic E-state index is -0.248. The standard InChI is InChI=1S/C14H18O3/c1-11(8-12(2)15)9-14(16)17-10-13-6-4-3-5-7-13/h3-7,11H,8-10H2,1-2H3. The van der Waals surface area contributed by atoms with Gasteiger partial charge >= 0.3 is 5.97 Å². The molecule has 1 aromatic carbocycles. The van der Waals surface area contributed by atoms with Crippen LogP contribution in [-0.2, 0) is 20.9 Å². The summed E-state index contributed by atoms with van der Waals surface area (Å²) in [4.78, 5) is 22.3. The lowest BCUT2D eigenvalue weighted by atomic mass is 10.0. The lowest BCUT2D eigenvalue weighted by Gasteiger charge is -2.09. The van der Waals surface area contributed by atoms with Crippen molar-refractivity contribution < 1.29 is 14.3 Å². The predicted molar refractivity (Wildman–Crippen MR) is 65.3 cm³/mol. The minimum absolute atomic E-state index is 0.0516. The van der Waals surface area contributed by atoms with Crippen molar-refractivity contribution in [3.05, 3.63) is 35.9 Å². The summed E-state index contributed by atoms with van der Waals surface area (Å²) >= 11 is 0. The number of ether oxygens (including phenoxy) is 1. The van der Waals surface area contributed by atoms with Crippen LogP contribution in [0.2, 0.25) is 0 Å². The Labute approximate surface area is 102 Å². The summed E-state index contributed by atoms with van der Waals surface area (Å²) < 4.78 is 5.13. The maximum Gasteiger partial charge on any atom is 0.306 e. The Morgan fingerprint density at radius 3 is 2.41 bits per heavy atom. The van der Waals surface area contributed by atoms with Crippen LogP contribution in [0, 0.1) is 5.92 Å². The number of ketones is 1. The highest BCUT2D eigenvalue weighted by Gasteiger charge is 2.12. The molecule has 0 N–H and O–H groups in total. The van der Waals surface area contributed by atoms with Crippen molar-refractivity contribution in [2.75, 3.05) is 0 Å². The van der Waals surface area contributed by atoms with Gasteiger partial charge < -0.3 is 9.53 Å². The summed E-state index contributed by atoms with van der Waals surface area (Å²) in [6.45, 7) is 3.71. The number of rotatable bonds is 6. The van der Waals surface area contributed by atoms with E-state index in [1.54, 1.807) is 0 Å². The molecular formula is C14H18O3. The second-order valence-corrected chi connectivity index (χ2v) is 4.36. The highest BCUT2D eigenvalue weighted by molar-refractivity contribution is 5.77. The van der Waals surface area contributed by atoms with Crippen LogP contribution in [0.15, 0.2) is 30.3 Å². The van der Waals surface area contributed by atoms with Gasteiger partial charge in [-0.2, -0.15) is 0 Å². The first-order valence-electron chi connectivity index (χ1n) is 5.77. The molecule has 0 amide bonds. The Hall–Kier alpha value is -1.64. The van der Waals surface area contributed by atoms with E-state index < -0.39 is 0 Å². The number of hydrogen-bond donors (Lipinski definition) is 0. The Morgan fingerprint density at radius 2 is 1.82 bits per heavy atom. The van der Waals surface area contributed by atoms with Crippen molar-refractivity contribution in [3.63, 3.8) is 0 Å². The predicted octanol–water partition coefficient (Wildman–Crippen LogP) is 2.74. The third-order valence-electron chi connectivity index (χ3n) is 2.39. The largest absolute Gasteiger partial charge is 0.461 e. The van der Waals surface area contributed by atoms with Gasteiger partial charge in [0.2, 0.25) is 0 Å². The van der Waals surface area contributed by atoms with Crippen molar-refractivity contribution >= 4 is 11.8 Å². The molecule has 0 aromatic heterocycles. The van der Waals surface area contributed by atoms with Crippen molar-refractivity contribution in [3.8, 4) is 0 Å². The fourth-order valence-electron chi connectivity index (χ4n) is 1.64. The van der Waals surface area contributed by atoms with Gasteiger partial charge in [-0.1, -0.05) is 37.3 Å². The Balaban J connectivity index is 2.28. The van der Waals surface area contributed by atoms with Gasteiger partial charge in [-0.25, -0.2) is 0 Å². The summed E-state index contributed by atoms with van der Waals surface area (Å²) in [5, 5.41) is 0. The quantitative estimate of drug-likeness (QED) is 0.711.